The summed E-state index contributed by atoms with van der Waals surface area (Å²) in [5.74, 6) is 0. The van der Waals surface area contributed by atoms with Gasteiger partial charge < -0.3 is 8.80 Å². The number of benzene rings is 8. The van der Waals surface area contributed by atoms with Crippen LogP contribution in [0.4, 0.5) is 0 Å². The minimum atomic E-state index is 1.25. The number of rotatable bonds is 0. The quantitative estimate of drug-likeness (QED) is 0.158. The maximum Gasteiger partial charge on any atom is 0.0627 e. The highest BCUT2D eigenvalue weighted by Gasteiger charge is 2.29. The van der Waals surface area contributed by atoms with Crippen LogP contribution >= 0.6 is 0 Å². The third kappa shape index (κ3) is 2.83. The average molecular weight is 631 g/mol. The lowest BCUT2D eigenvalue weighted by molar-refractivity contribution is 1.35. The van der Waals surface area contributed by atoms with Crippen LogP contribution in [0, 0.1) is 0 Å². The predicted octanol–water partition coefficient (Wildman–Crippen LogP) is 13.0. The van der Waals surface area contributed by atoms with Crippen LogP contribution in [0.15, 0.2) is 158 Å². The molecular formula is C48H26N2. The molecular weight excluding hydrogens is 605 g/mol. The van der Waals surface area contributed by atoms with Gasteiger partial charge in [0.2, 0.25) is 0 Å². The number of nitrogens with zero attached hydrogens (tertiary/aromatic N) is 2. The molecule has 0 saturated carbocycles. The fourth-order valence-electron chi connectivity index (χ4n) is 9.82. The third-order valence-electron chi connectivity index (χ3n) is 11.7. The Labute approximate surface area is 286 Å². The van der Waals surface area contributed by atoms with Crippen molar-refractivity contribution in [2.45, 2.75) is 0 Å². The monoisotopic (exact) mass is 630 g/mol. The zero-order chi connectivity index (χ0) is 32.2. The summed E-state index contributed by atoms with van der Waals surface area (Å²) in [7, 11) is 0. The van der Waals surface area contributed by atoms with Gasteiger partial charge in [-0.2, -0.15) is 0 Å². The summed E-state index contributed by atoms with van der Waals surface area (Å²) in [5, 5.41) is 10.5. The topological polar surface area (TPSA) is 8.82 Å². The zero-order valence-corrected chi connectivity index (χ0v) is 26.9. The Morgan fingerprint density at radius 2 is 0.720 bits per heavy atom. The summed E-state index contributed by atoms with van der Waals surface area (Å²) >= 11 is 0. The fraction of sp³-hybridized carbons (Fsp3) is 0. The van der Waals surface area contributed by atoms with Crippen molar-refractivity contribution in [3.8, 4) is 44.5 Å². The van der Waals surface area contributed by atoms with Crippen LogP contribution in [0.1, 0.15) is 0 Å². The Hall–Kier alpha value is -6.64. The van der Waals surface area contributed by atoms with Gasteiger partial charge in [-0.3, -0.25) is 0 Å². The minimum absolute atomic E-state index is 1.25. The van der Waals surface area contributed by atoms with Crippen LogP contribution in [0.25, 0.3) is 121 Å². The molecule has 1 aliphatic rings. The van der Waals surface area contributed by atoms with E-state index >= 15 is 0 Å². The highest BCUT2D eigenvalue weighted by molar-refractivity contribution is 6.33. The maximum absolute atomic E-state index is 2.56. The van der Waals surface area contributed by atoms with Crippen molar-refractivity contribution in [3.63, 3.8) is 0 Å². The van der Waals surface area contributed by atoms with Gasteiger partial charge >= 0.3 is 0 Å². The van der Waals surface area contributed by atoms with Gasteiger partial charge in [-0.1, -0.05) is 127 Å². The molecule has 4 heterocycles. The lowest BCUT2D eigenvalue weighted by atomic mass is 9.79. The van der Waals surface area contributed by atoms with E-state index in [1.54, 1.807) is 0 Å². The lowest BCUT2D eigenvalue weighted by Crippen LogP contribution is -1.97. The van der Waals surface area contributed by atoms with Crippen LogP contribution < -0.4 is 0 Å². The Bertz CT molecular complexity index is 3430. The smallest absolute Gasteiger partial charge is 0.0627 e. The van der Waals surface area contributed by atoms with Gasteiger partial charge in [-0.15, -0.1) is 0 Å². The highest BCUT2D eigenvalue weighted by Crippen LogP contribution is 2.54. The molecule has 0 aliphatic heterocycles. The summed E-state index contributed by atoms with van der Waals surface area (Å²) in [4.78, 5) is 0. The summed E-state index contributed by atoms with van der Waals surface area (Å²) in [6.45, 7) is 0. The maximum atomic E-state index is 2.56. The number of hydrogen-bond acceptors (Lipinski definition) is 0. The standard InChI is InChI=1S/C48H26N2/c1-2-13-28-27(12-1)29-14-3-4-16-31(29)39-25-40-38-24-37-35-21-11-20-34-32-17-7-9-22-41(32)49(47(34)35)43(37)26-44(38)50-42-23-10-8-19-36(42)46(48(40)50)45(39)33-18-6-5-15-30(28)33/h1-26H. The fourth-order valence-corrected chi connectivity index (χ4v) is 9.82. The van der Waals surface area contributed by atoms with E-state index in [0.29, 0.717) is 0 Å². The first kappa shape index (κ1) is 25.4. The average Bonchev–Trinajstić information content (AvgIpc) is 3.89. The van der Waals surface area contributed by atoms with Crippen molar-refractivity contribution in [2.75, 3.05) is 0 Å². The molecule has 228 valence electrons. The summed E-state index contributed by atoms with van der Waals surface area (Å²) in [6.07, 6.45) is 0. The Balaban J connectivity index is 1.30. The van der Waals surface area contributed by atoms with Crippen molar-refractivity contribution >= 4 is 76.2 Å². The van der Waals surface area contributed by atoms with E-state index < -0.39 is 0 Å². The van der Waals surface area contributed by atoms with Crippen LogP contribution in [-0.2, 0) is 0 Å². The molecule has 50 heavy (non-hydrogen) atoms. The van der Waals surface area contributed by atoms with Gasteiger partial charge in [0.1, 0.15) is 0 Å². The Morgan fingerprint density at radius 1 is 0.260 bits per heavy atom. The lowest BCUT2D eigenvalue weighted by Gasteiger charge is -2.24. The molecule has 0 spiro atoms. The van der Waals surface area contributed by atoms with E-state index in [4.69, 9.17) is 0 Å². The van der Waals surface area contributed by atoms with E-state index in [1.165, 1.54) is 121 Å². The van der Waals surface area contributed by atoms with E-state index in [9.17, 15) is 0 Å². The SMILES string of the molecule is c1ccc2c(c1)-c1ccccc1-c1cc3c4cc5c6cccc7c8ccccc8n(c5cc4n4c5ccccc5c(c1-c1ccccc1-2)c34)c76. The second-order valence-electron chi connectivity index (χ2n) is 14.0. The molecule has 0 saturated heterocycles. The number of hydrogen-bond donors (Lipinski definition) is 0. The van der Waals surface area contributed by atoms with Crippen molar-refractivity contribution in [1.82, 2.24) is 8.80 Å². The van der Waals surface area contributed by atoms with Gasteiger partial charge in [0, 0.05) is 48.7 Å². The van der Waals surface area contributed by atoms with Crippen LogP contribution in [0.2, 0.25) is 0 Å². The zero-order valence-electron chi connectivity index (χ0n) is 26.9. The molecule has 8 aromatic carbocycles. The van der Waals surface area contributed by atoms with Crippen molar-refractivity contribution < 1.29 is 0 Å². The van der Waals surface area contributed by atoms with E-state index in [1.807, 2.05) is 0 Å². The van der Waals surface area contributed by atoms with E-state index in [0.717, 1.165) is 0 Å². The predicted molar refractivity (Wildman–Crippen MR) is 211 cm³/mol. The summed E-state index contributed by atoms with van der Waals surface area (Å²) < 4.78 is 5.06. The Kier molecular flexibility index (Phi) is 4.41. The molecule has 4 aromatic heterocycles. The molecule has 0 fully saturated rings. The largest absolute Gasteiger partial charge is 0.308 e. The van der Waals surface area contributed by atoms with Crippen molar-refractivity contribution in [1.29, 1.82) is 0 Å². The summed E-state index contributed by atoms with van der Waals surface area (Å²) in [6, 6.07) is 59.2. The second-order valence-corrected chi connectivity index (χ2v) is 14.0. The van der Waals surface area contributed by atoms with Crippen LogP contribution in [0.3, 0.4) is 0 Å². The molecule has 0 radical (unpaired) electrons. The minimum Gasteiger partial charge on any atom is -0.308 e. The van der Waals surface area contributed by atoms with Crippen molar-refractivity contribution in [2.24, 2.45) is 0 Å². The van der Waals surface area contributed by atoms with E-state index in [2.05, 4.69) is 167 Å². The molecule has 0 bridgehead atoms. The summed E-state index contributed by atoms with van der Waals surface area (Å²) in [5.41, 5.74) is 17.9. The Morgan fingerprint density at radius 3 is 1.40 bits per heavy atom. The highest BCUT2D eigenvalue weighted by atomic mass is 14.9. The van der Waals surface area contributed by atoms with Crippen LogP contribution in [-0.4, -0.2) is 8.80 Å². The number of aromatic nitrogens is 2. The first-order chi connectivity index (χ1) is 24.8. The first-order valence-electron chi connectivity index (χ1n) is 17.5. The molecule has 0 atom stereocenters. The normalized spacial score (nSPS) is 12.8. The first-order valence-corrected chi connectivity index (χ1v) is 17.5. The van der Waals surface area contributed by atoms with Gasteiger partial charge in [-0.25, -0.2) is 0 Å². The van der Waals surface area contributed by atoms with Gasteiger partial charge in [0.05, 0.1) is 33.1 Å². The van der Waals surface area contributed by atoms with Gasteiger partial charge in [0.25, 0.3) is 0 Å². The molecule has 1 aliphatic carbocycles. The molecule has 0 amide bonds. The number of fused-ring (bicyclic) bond motifs is 21. The molecule has 2 heteroatoms. The third-order valence-corrected chi connectivity index (χ3v) is 11.7. The molecule has 2 nitrogen and oxygen atoms in total. The second kappa shape index (κ2) is 8.68. The number of para-hydroxylation sites is 3. The molecule has 0 N–H and O–H groups in total. The van der Waals surface area contributed by atoms with Crippen LogP contribution in [0.5, 0.6) is 0 Å². The van der Waals surface area contributed by atoms with Crippen molar-refractivity contribution in [3.05, 3.63) is 158 Å². The van der Waals surface area contributed by atoms with E-state index in [-0.39, 0.29) is 0 Å². The van der Waals surface area contributed by atoms with Gasteiger partial charge in [-0.05, 0) is 69.3 Å². The molecule has 12 aromatic rings. The molecule has 0 unspecified atom stereocenters. The van der Waals surface area contributed by atoms with Gasteiger partial charge in [0.15, 0.2) is 0 Å². The molecule has 13 rings (SSSR count).